The van der Waals surface area contributed by atoms with E-state index in [2.05, 4.69) is 19.1 Å². The smallest absolute Gasteiger partial charge is 0.307 e. The highest BCUT2D eigenvalue weighted by Crippen LogP contribution is 2.18. The number of aliphatic carboxylic acids is 1. The first-order valence-electron chi connectivity index (χ1n) is 18.1. The molecule has 0 aromatic carbocycles. The average molecular weight is 579 g/mol. The molecule has 1 atom stereocenters. The third kappa shape index (κ3) is 31.4. The van der Waals surface area contributed by atoms with E-state index >= 15 is 0 Å². The predicted molar refractivity (Wildman–Crippen MR) is 176 cm³/mol. The summed E-state index contributed by atoms with van der Waals surface area (Å²) in [6, 6.07) is 0. The van der Waals surface area contributed by atoms with Gasteiger partial charge in [-0.1, -0.05) is 167 Å². The highest BCUT2D eigenvalue weighted by atomic mass is 16.5. The van der Waals surface area contributed by atoms with E-state index in [0.717, 1.165) is 19.3 Å². The van der Waals surface area contributed by atoms with Gasteiger partial charge in [0.25, 0.3) is 0 Å². The van der Waals surface area contributed by atoms with E-state index in [4.69, 9.17) is 4.74 Å². The maximum absolute atomic E-state index is 11.7. The molecule has 41 heavy (non-hydrogen) atoms. The maximum Gasteiger partial charge on any atom is 0.307 e. The summed E-state index contributed by atoms with van der Waals surface area (Å²) in [5.74, 6) is -1.85. The van der Waals surface area contributed by atoms with Crippen molar-refractivity contribution < 1.29 is 19.4 Å². The van der Waals surface area contributed by atoms with Crippen molar-refractivity contribution in [1.82, 2.24) is 0 Å². The third-order valence-corrected chi connectivity index (χ3v) is 8.29. The Morgan fingerprint density at radius 2 is 0.902 bits per heavy atom. The Hall–Kier alpha value is -1.32. The SMILES string of the molecule is CCCCCCCCC/C=C/CCCCCCCCCCCCCCCCCCCC(CC(=O)OCCC)C(=O)O. The summed E-state index contributed by atoms with van der Waals surface area (Å²) in [7, 11) is 0. The molecule has 0 bridgehead atoms. The van der Waals surface area contributed by atoms with Gasteiger partial charge in [0.05, 0.1) is 18.9 Å². The van der Waals surface area contributed by atoms with Crippen molar-refractivity contribution in [2.45, 2.75) is 200 Å². The summed E-state index contributed by atoms with van der Waals surface area (Å²) in [5, 5.41) is 9.34. The van der Waals surface area contributed by atoms with E-state index in [1.165, 1.54) is 154 Å². The zero-order valence-electron chi connectivity index (χ0n) is 27.6. The van der Waals surface area contributed by atoms with Gasteiger partial charge in [-0.2, -0.15) is 0 Å². The first-order valence-corrected chi connectivity index (χ1v) is 18.1. The van der Waals surface area contributed by atoms with E-state index < -0.39 is 11.9 Å². The van der Waals surface area contributed by atoms with Gasteiger partial charge in [-0.05, 0) is 38.5 Å². The van der Waals surface area contributed by atoms with Crippen LogP contribution in [0, 0.1) is 5.92 Å². The van der Waals surface area contributed by atoms with Crippen LogP contribution in [0.5, 0.6) is 0 Å². The molecule has 0 amide bonds. The van der Waals surface area contributed by atoms with Gasteiger partial charge in [0.1, 0.15) is 0 Å². The second-order valence-electron chi connectivity index (χ2n) is 12.4. The number of hydrogen-bond donors (Lipinski definition) is 1. The standard InChI is InChI=1S/C37H70O4/c1-3-5-6-7-8-9-10-11-12-13-14-15-16-17-18-19-20-21-22-23-24-25-26-27-28-29-30-31-32-35(37(39)40)34-36(38)41-33-4-2/h12-13,35H,3-11,14-34H2,1-2H3,(H,39,40)/b13-12+. The van der Waals surface area contributed by atoms with Crippen LogP contribution in [0.3, 0.4) is 0 Å². The van der Waals surface area contributed by atoms with E-state index in [1.807, 2.05) is 6.92 Å². The average Bonchev–Trinajstić information content (AvgIpc) is 2.96. The zero-order chi connectivity index (χ0) is 30.1. The van der Waals surface area contributed by atoms with Gasteiger partial charge in [0.15, 0.2) is 0 Å². The first kappa shape index (κ1) is 39.7. The van der Waals surface area contributed by atoms with Crippen molar-refractivity contribution >= 4 is 11.9 Å². The van der Waals surface area contributed by atoms with Gasteiger partial charge in [-0.3, -0.25) is 9.59 Å². The fourth-order valence-electron chi connectivity index (χ4n) is 5.55. The Morgan fingerprint density at radius 3 is 1.27 bits per heavy atom. The lowest BCUT2D eigenvalue weighted by Crippen LogP contribution is -2.19. The number of hydrogen-bond acceptors (Lipinski definition) is 3. The number of carboxylic acid groups (broad SMARTS) is 1. The minimum atomic E-state index is -0.874. The van der Waals surface area contributed by atoms with Crippen LogP contribution in [0.15, 0.2) is 12.2 Å². The normalized spacial score (nSPS) is 12.2. The van der Waals surface area contributed by atoms with E-state index in [1.54, 1.807) is 0 Å². The molecule has 0 saturated carbocycles. The highest BCUT2D eigenvalue weighted by molar-refractivity contribution is 5.78. The molecule has 0 radical (unpaired) electrons. The summed E-state index contributed by atoms with van der Waals surface area (Å²) >= 11 is 0. The highest BCUT2D eigenvalue weighted by Gasteiger charge is 2.21. The van der Waals surface area contributed by atoms with E-state index in [9.17, 15) is 14.7 Å². The number of carboxylic acids is 1. The van der Waals surface area contributed by atoms with Crippen molar-refractivity contribution in [2.75, 3.05) is 6.61 Å². The molecular weight excluding hydrogens is 508 g/mol. The molecule has 4 heteroatoms. The second kappa shape index (κ2) is 33.2. The van der Waals surface area contributed by atoms with Crippen LogP contribution in [-0.2, 0) is 14.3 Å². The molecule has 0 aromatic rings. The Kier molecular flexibility index (Phi) is 32.1. The van der Waals surface area contributed by atoms with Crippen LogP contribution in [0.4, 0.5) is 0 Å². The van der Waals surface area contributed by atoms with Gasteiger partial charge in [0, 0.05) is 0 Å². The monoisotopic (exact) mass is 579 g/mol. The molecule has 4 nitrogen and oxygen atoms in total. The van der Waals surface area contributed by atoms with Gasteiger partial charge in [0.2, 0.25) is 0 Å². The summed E-state index contributed by atoms with van der Waals surface area (Å²) in [6.07, 6.45) is 41.0. The number of carbonyl (C=O) groups is 2. The molecule has 1 unspecified atom stereocenters. The predicted octanol–water partition coefficient (Wildman–Crippen LogP) is 12.1. The van der Waals surface area contributed by atoms with Gasteiger partial charge in [-0.15, -0.1) is 0 Å². The molecule has 0 rings (SSSR count). The van der Waals surface area contributed by atoms with Crippen LogP contribution in [0.25, 0.3) is 0 Å². The van der Waals surface area contributed by atoms with Crippen LogP contribution in [0.2, 0.25) is 0 Å². The van der Waals surface area contributed by atoms with Crippen LogP contribution in [0.1, 0.15) is 200 Å². The number of rotatable bonds is 33. The number of esters is 1. The molecule has 0 aromatic heterocycles. The Balaban J connectivity index is 3.29. The number of unbranched alkanes of at least 4 members (excludes halogenated alkanes) is 24. The van der Waals surface area contributed by atoms with Crippen molar-refractivity contribution in [3.8, 4) is 0 Å². The Bertz CT molecular complexity index is 585. The molecule has 0 aliphatic carbocycles. The number of ether oxygens (including phenoxy) is 1. The first-order chi connectivity index (χ1) is 20.1. The largest absolute Gasteiger partial charge is 0.481 e. The summed E-state index contributed by atoms with van der Waals surface area (Å²) in [4.78, 5) is 23.1. The molecule has 0 aliphatic heterocycles. The maximum atomic E-state index is 11.7. The topological polar surface area (TPSA) is 63.6 Å². The number of allylic oxidation sites excluding steroid dienone is 2. The molecule has 0 fully saturated rings. The van der Waals surface area contributed by atoms with Crippen molar-refractivity contribution in [2.24, 2.45) is 5.92 Å². The lowest BCUT2D eigenvalue weighted by Gasteiger charge is -2.11. The summed E-state index contributed by atoms with van der Waals surface area (Å²) in [5.41, 5.74) is 0. The number of carbonyl (C=O) groups excluding carboxylic acids is 1. The fourth-order valence-corrected chi connectivity index (χ4v) is 5.55. The quantitative estimate of drug-likeness (QED) is 0.0478. The fraction of sp³-hybridized carbons (Fsp3) is 0.892. The molecule has 0 spiro atoms. The Labute approximate surface area is 255 Å². The van der Waals surface area contributed by atoms with Crippen LogP contribution in [-0.4, -0.2) is 23.7 Å². The van der Waals surface area contributed by atoms with E-state index in [-0.39, 0.29) is 12.4 Å². The lowest BCUT2D eigenvalue weighted by atomic mass is 9.97. The van der Waals surface area contributed by atoms with Crippen molar-refractivity contribution in [1.29, 1.82) is 0 Å². The Morgan fingerprint density at radius 1 is 0.537 bits per heavy atom. The lowest BCUT2D eigenvalue weighted by molar-refractivity contribution is -0.151. The van der Waals surface area contributed by atoms with Crippen molar-refractivity contribution in [3.63, 3.8) is 0 Å². The van der Waals surface area contributed by atoms with Gasteiger partial charge in [-0.25, -0.2) is 0 Å². The van der Waals surface area contributed by atoms with Crippen LogP contribution >= 0.6 is 0 Å². The minimum absolute atomic E-state index is 0.00679. The summed E-state index contributed by atoms with van der Waals surface area (Å²) in [6.45, 7) is 4.60. The van der Waals surface area contributed by atoms with Gasteiger partial charge >= 0.3 is 11.9 Å². The van der Waals surface area contributed by atoms with Gasteiger partial charge < -0.3 is 9.84 Å². The van der Waals surface area contributed by atoms with Crippen molar-refractivity contribution in [3.05, 3.63) is 12.2 Å². The molecule has 0 saturated heterocycles. The van der Waals surface area contributed by atoms with Crippen LogP contribution < -0.4 is 0 Å². The zero-order valence-corrected chi connectivity index (χ0v) is 27.6. The minimum Gasteiger partial charge on any atom is -0.481 e. The molecular formula is C37H70O4. The van der Waals surface area contributed by atoms with E-state index in [0.29, 0.717) is 13.0 Å². The third-order valence-electron chi connectivity index (χ3n) is 8.29. The summed E-state index contributed by atoms with van der Waals surface area (Å²) < 4.78 is 5.03. The molecule has 0 heterocycles. The second-order valence-corrected chi connectivity index (χ2v) is 12.4. The molecule has 1 N–H and O–H groups in total. The molecule has 242 valence electrons. The molecule has 0 aliphatic rings.